The van der Waals surface area contributed by atoms with E-state index in [4.69, 9.17) is 17.0 Å². The number of hydrazine groups is 1. The van der Waals surface area contributed by atoms with Crippen molar-refractivity contribution < 1.29 is 19.2 Å². The highest BCUT2D eigenvalue weighted by molar-refractivity contribution is 7.80. The van der Waals surface area contributed by atoms with E-state index in [2.05, 4.69) is 16.2 Å². The fourth-order valence-corrected chi connectivity index (χ4v) is 2.31. The zero-order valence-corrected chi connectivity index (χ0v) is 15.5. The van der Waals surface area contributed by atoms with E-state index in [0.29, 0.717) is 11.3 Å². The number of nitro benzene ring substituents is 1. The van der Waals surface area contributed by atoms with Gasteiger partial charge in [-0.2, -0.15) is 0 Å². The molecule has 2 amide bonds. The molecule has 2 rings (SSSR count). The van der Waals surface area contributed by atoms with E-state index in [0.717, 1.165) is 0 Å². The first kappa shape index (κ1) is 20.5. The largest absolute Gasteiger partial charge is 0.496 e. The standard InChI is InChI=1S/C18H16N4O5S/c1-27-15-9-5-2-6-12(15)10-11-16(23)19-18(28)21-20-17(24)13-7-3-4-8-14(13)22(25)26/h2-11H,1H3,(H,20,24)(H2,19,21,23,28)/b11-10+. The van der Waals surface area contributed by atoms with Crippen LogP contribution >= 0.6 is 12.2 Å². The number of nitro groups is 1. The Bertz CT molecular complexity index is 945. The first-order chi connectivity index (χ1) is 13.4. The van der Waals surface area contributed by atoms with E-state index in [1.807, 2.05) is 0 Å². The van der Waals surface area contributed by atoms with Crippen molar-refractivity contribution in [1.82, 2.24) is 16.2 Å². The van der Waals surface area contributed by atoms with Crippen molar-refractivity contribution >= 4 is 40.9 Å². The van der Waals surface area contributed by atoms with Crippen molar-refractivity contribution in [3.63, 3.8) is 0 Å². The monoisotopic (exact) mass is 400 g/mol. The minimum Gasteiger partial charge on any atom is -0.496 e. The van der Waals surface area contributed by atoms with Crippen LogP contribution in [0.1, 0.15) is 15.9 Å². The molecule has 9 nitrogen and oxygen atoms in total. The maximum absolute atomic E-state index is 12.1. The van der Waals surface area contributed by atoms with E-state index >= 15 is 0 Å². The van der Waals surface area contributed by atoms with E-state index in [-0.39, 0.29) is 16.4 Å². The lowest BCUT2D eigenvalue weighted by Crippen LogP contribution is -2.48. The molecule has 0 saturated heterocycles. The molecule has 0 heterocycles. The van der Waals surface area contributed by atoms with Crippen LogP contribution < -0.4 is 20.9 Å². The summed E-state index contributed by atoms with van der Waals surface area (Å²) in [5, 5.41) is 13.1. The molecule has 144 valence electrons. The lowest BCUT2D eigenvalue weighted by molar-refractivity contribution is -0.385. The second-order valence-electron chi connectivity index (χ2n) is 5.25. The first-order valence-electron chi connectivity index (χ1n) is 7.88. The van der Waals surface area contributed by atoms with Crippen molar-refractivity contribution in [1.29, 1.82) is 0 Å². The van der Waals surface area contributed by atoms with Crippen LogP contribution in [-0.4, -0.2) is 29.0 Å². The lowest BCUT2D eigenvalue weighted by Gasteiger charge is -2.10. The fraction of sp³-hybridized carbons (Fsp3) is 0.0556. The van der Waals surface area contributed by atoms with Crippen LogP contribution in [-0.2, 0) is 4.79 Å². The molecule has 0 saturated carbocycles. The average Bonchev–Trinajstić information content (AvgIpc) is 2.70. The smallest absolute Gasteiger partial charge is 0.282 e. The van der Waals surface area contributed by atoms with Gasteiger partial charge < -0.3 is 4.74 Å². The highest BCUT2D eigenvalue weighted by Crippen LogP contribution is 2.18. The molecule has 0 spiro atoms. The van der Waals surface area contributed by atoms with E-state index < -0.39 is 16.7 Å². The maximum Gasteiger partial charge on any atom is 0.282 e. The predicted molar refractivity (Wildman–Crippen MR) is 106 cm³/mol. The second kappa shape index (κ2) is 9.78. The Morgan fingerprint density at radius 1 is 1.11 bits per heavy atom. The van der Waals surface area contributed by atoms with E-state index in [9.17, 15) is 19.7 Å². The van der Waals surface area contributed by atoms with Gasteiger partial charge in [-0.3, -0.25) is 35.9 Å². The highest BCUT2D eigenvalue weighted by atomic mass is 32.1. The number of carbonyl (C=O) groups excluding carboxylic acids is 2. The molecule has 0 aliphatic heterocycles. The van der Waals surface area contributed by atoms with Gasteiger partial charge in [-0.05, 0) is 30.4 Å². The minimum absolute atomic E-state index is 0.148. The summed E-state index contributed by atoms with van der Waals surface area (Å²) >= 11 is 4.91. The van der Waals surface area contributed by atoms with Gasteiger partial charge in [0.1, 0.15) is 11.3 Å². The third kappa shape index (κ3) is 5.61. The van der Waals surface area contributed by atoms with Gasteiger partial charge >= 0.3 is 0 Å². The molecule has 0 aromatic heterocycles. The normalized spacial score (nSPS) is 10.2. The number of nitrogens with zero attached hydrogens (tertiary/aromatic N) is 1. The van der Waals surface area contributed by atoms with Gasteiger partial charge in [-0.15, -0.1) is 0 Å². The van der Waals surface area contributed by atoms with Crippen LogP contribution in [0.3, 0.4) is 0 Å². The van der Waals surface area contributed by atoms with Crippen LogP contribution in [0, 0.1) is 10.1 Å². The number of methoxy groups -OCH3 is 1. The first-order valence-corrected chi connectivity index (χ1v) is 8.29. The summed E-state index contributed by atoms with van der Waals surface area (Å²) in [5.41, 5.74) is 4.71. The zero-order chi connectivity index (χ0) is 20.5. The summed E-state index contributed by atoms with van der Waals surface area (Å²) in [5.74, 6) is -0.708. The number of amides is 2. The number of para-hydroxylation sites is 2. The molecule has 0 aliphatic rings. The SMILES string of the molecule is COc1ccccc1/C=C/C(=O)NC(=S)NNC(=O)c1ccccc1[N+](=O)[O-]. The Labute approximate surface area is 165 Å². The fourth-order valence-electron chi connectivity index (χ4n) is 2.16. The predicted octanol–water partition coefficient (Wildman–Crippen LogP) is 1.95. The quantitative estimate of drug-likeness (QED) is 0.303. The molecule has 0 radical (unpaired) electrons. The summed E-state index contributed by atoms with van der Waals surface area (Å²) in [6, 6.07) is 12.6. The van der Waals surface area contributed by atoms with Crippen molar-refractivity contribution in [3.05, 3.63) is 75.8 Å². The van der Waals surface area contributed by atoms with Gasteiger partial charge in [0.15, 0.2) is 5.11 Å². The number of ether oxygens (including phenoxy) is 1. The highest BCUT2D eigenvalue weighted by Gasteiger charge is 2.19. The van der Waals surface area contributed by atoms with Crippen molar-refractivity contribution in [2.24, 2.45) is 0 Å². The third-order valence-corrected chi connectivity index (χ3v) is 3.63. The molecule has 2 aromatic rings. The molecule has 28 heavy (non-hydrogen) atoms. The molecule has 3 N–H and O–H groups in total. The molecule has 2 aromatic carbocycles. The Morgan fingerprint density at radius 3 is 2.50 bits per heavy atom. The van der Waals surface area contributed by atoms with Gasteiger partial charge in [0.25, 0.3) is 11.6 Å². The van der Waals surface area contributed by atoms with Crippen molar-refractivity contribution in [2.45, 2.75) is 0 Å². The van der Waals surface area contributed by atoms with Crippen molar-refractivity contribution in [3.8, 4) is 5.75 Å². The van der Waals surface area contributed by atoms with Crippen LogP contribution in [0.5, 0.6) is 5.75 Å². The van der Waals surface area contributed by atoms with Gasteiger partial charge in [0.2, 0.25) is 5.91 Å². The molecular weight excluding hydrogens is 384 g/mol. The molecule has 10 heteroatoms. The molecule has 0 unspecified atom stereocenters. The maximum atomic E-state index is 12.1. The summed E-state index contributed by atoms with van der Waals surface area (Å²) < 4.78 is 5.18. The summed E-state index contributed by atoms with van der Waals surface area (Å²) in [6.45, 7) is 0. The number of hydrogen-bond acceptors (Lipinski definition) is 6. The number of hydrogen-bond donors (Lipinski definition) is 3. The third-order valence-electron chi connectivity index (χ3n) is 3.42. The lowest BCUT2D eigenvalue weighted by atomic mass is 10.2. The van der Waals surface area contributed by atoms with Gasteiger partial charge in [-0.25, -0.2) is 0 Å². The van der Waals surface area contributed by atoms with Crippen LogP contribution in [0.25, 0.3) is 6.08 Å². The Morgan fingerprint density at radius 2 is 1.79 bits per heavy atom. The number of thiocarbonyl (C=S) groups is 1. The number of rotatable bonds is 5. The van der Waals surface area contributed by atoms with Crippen LogP contribution in [0.4, 0.5) is 5.69 Å². The molecular formula is C18H16N4O5S. The molecule has 0 bridgehead atoms. The minimum atomic E-state index is -0.770. The average molecular weight is 400 g/mol. The topological polar surface area (TPSA) is 123 Å². The summed E-state index contributed by atoms with van der Waals surface area (Å²) in [7, 11) is 1.52. The number of benzene rings is 2. The Kier molecular flexibility index (Phi) is 7.17. The Hall–Kier alpha value is -3.79. The van der Waals surface area contributed by atoms with Gasteiger partial charge in [0, 0.05) is 17.7 Å². The summed E-state index contributed by atoms with van der Waals surface area (Å²) in [4.78, 5) is 34.3. The number of carbonyl (C=O) groups is 2. The number of nitrogens with one attached hydrogen (secondary N) is 3. The van der Waals surface area contributed by atoms with E-state index in [1.165, 1.54) is 37.5 Å². The van der Waals surface area contributed by atoms with Crippen LogP contribution in [0.2, 0.25) is 0 Å². The van der Waals surface area contributed by atoms with E-state index in [1.54, 1.807) is 30.3 Å². The second-order valence-corrected chi connectivity index (χ2v) is 5.66. The van der Waals surface area contributed by atoms with Crippen LogP contribution in [0.15, 0.2) is 54.6 Å². The molecule has 0 aliphatic carbocycles. The molecule has 0 fully saturated rings. The molecule has 0 atom stereocenters. The zero-order valence-electron chi connectivity index (χ0n) is 14.7. The van der Waals surface area contributed by atoms with Crippen molar-refractivity contribution in [2.75, 3.05) is 7.11 Å². The van der Waals surface area contributed by atoms with Gasteiger partial charge in [-0.1, -0.05) is 30.3 Å². The summed E-state index contributed by atoms with van der Waals surface area (Å²) in [6.07, 6.45) is 2.79. The Balaban J connectivity index is 1.90. The van der Waals surface area contributed by atoms with Gasteiger partial charge in [0.05, 0.1) is 12.0 Å².